The van der Waals surface area contributed by atoms with Gasteiger partial charge in [0, 0.05) is 106 Å². The van der Waals surface area contributed by atoms with E-state index >= 15 is 0 Å². The van der Waals surface area contributed by atoms with Crippen LogP contribution in [-0.4, -0.2) is 64.3 Å². The van der Waals surface area contributed by atoms with Gasteiger partial charge in [-0.05, 0) is 119 Å². The van der Waals surface area contributed by atoms with Gasteiger partial charge in [0.05, 0.1) is 0 Å². The molecule has 4 aromatic rings. The summed E-state index contributed by atoms with van der Waals surface area (Å²) in [5, 5.41) is 30.8. The molecular weight excluding hydrogens is 1410 g/mol. The number of allylic oxidation sites excluding steroid dienone is 4. The molecule has 0 fully saturated rings. The Morgan fingerprint density at radius 3 is 0.865 bits per heavy atom. The predicted octanol–water partition coefficient (Wildman–Crippen LogP) is 23.2. The van der Waals surface area contributed by atoms with Crippen molar-refractivity contribution in [2.24, 2.45) is 9.98 Å². The van der Waals surface area contributed by atoms with E-state index in [2.05, 4.69) is 224 Å². The number of aliphatic imine (C=N–C) groups is 2. The second-order valence-electron chi connectivity index (χ2n) is 27.7. The number of aromatic hydroxyl groups is 2. The summed E-state index contributed by atoms with van der Waals surface area (Å²) in [5.41, 5.74) is 16.5. The summed E-state index contributed by atoms with van der Waals surface area (Å²) >= 11 is 0. The number of hydrogen-bond acceptors (Lipinski definition) is 4. The summed E-state index contributed by atoms with van der Waals surface area (Å²) in [4.78, 5) is 9.71. The Hall–Kier alpha value is -3.10. The van der Waals surface area contributed by atoms with Crippen LogP contribution in [0.3, 0.4) is 0 Å². The van der Waals surface area contributed by atoms with Crippen molar-refractivity contribution in [3.8, 4) is 11.5 Å². The number of phenols is 2. The van der Waals surface area contributed by atoms with E-state index in [1.54, 1.807) is 0 Å². The number of phenolic OH excluding ortho intramolecular Hbond substituents is 2. The predicted molar refractivity (Wildman–Crippen MR) is 400 cm³/mol. The molecule has 0 spiro atoms. The van der Waals surface area contributed by atoms with E-state index in [0.29, 0.717) is 35.2 Å². The van der Waals surface area contributed by atoms with Gasteiger partial charge in [-0.15, -0.1) is 22.8 Å². The van der Waals surface area contributed by atoms with Crippen molar-refractivity contribution in [2.45, 2.75) is 262 Å². The maximum atomic E-state index is 10.3. The first kappa shape index (κ1) is 97.0. The zero-order valence-corrected chi connectivity index (χ0v) is 69.1. The summed E-state index contributed by atoms with van der Waals surface area (Å²) in [6.07, 6.45) is 15.4. The first-order valence-electron chi connectivity index (χ1n) is 31.2. The van der Waals surface area contributed by atoms with Crippen molar-refractivity contribution < 1.29 is 61.9 Å². The molecule has 0 saturated carbocycles. The molecule has 0 unspecified atom stereocenters. The minimum absolute atomic E-state index is 0. The number of nitrogens with zero attached hydrogens (tertiary/aromatic N) is 4. The summed E-state index contributed by atoms with van der Waals surface area (Å²) in [7, 11) is 14.0. The smallest absolute Gasteiger partial charge is 0.123 e. The van der Waals surface area contributed by atoms with Crippen LogP contribution in [0.15, 0.2) is 106 Å². The van der Waals surface area contributed by atoms with Crippen molar-refractivity contribution in [3.63, 3.8) is 0 Å². The molecule has 2 aliphatic carbocycles. The first-order valence-corrected chi connectivity index (χ1v) is 31.2. The van der Waals surface area contributed by atoms with Gasteiger partial charge in [0.1, 0.15) is 11.5 Å². The quantitative estimate of drug-likeness (QED) is 0.0748. The molecule has 492 valence electrons. The Bertz CT molecular complexity index is 2400. The fourth-order valence-corrected chi connectivity index (χ4v) is 9.82. The standard InChI is InChI=1S/2C22H33N2.2C14H22O.5CH3.B4.2Hf/c2*1-6-7-15-23-20-13-8-9-14-21(20)24-22-18(16(2)3)11-10-12-19(22)17(4)5;2*1-13(2,3)10-8-7-9-11(12(10)15)14(4,5)6;;;;;;1-4(2)3;;/h2*10-12,14,16-17H,6-9,13,15H2,1-5H3;2*7-9,15H,1-6H3;5*1H3;;;/q2*-1;;;5*-1;;;. The van der Waals surface area contributed by atoms with Crippen LogP contribution in [0, 0.1) is 37.1 Å². The van der Waals surface area contributed by atoms with Crippen LogP contribution in [0.5, 0.6) is 11.5 Å². The van der Waals surface area contributed by atoms with E-state index < -0.39 is 6.39 Å². The average molecular weight is 1540 g/mol. The zero-order valence-electron chi connectivity index (χ0n) is 61.9. The molecule has 0 bridgehead atoms. The molecule has 0 saturated heterocycles. The summed E-state index contributed by atoms with van der Waals surface area (Å²) in [6.45, 7) is 49.8. The molecular formula is C77H125B4Hf2N4O2-7. The van der Waals surface area contributed by atoms with Crippen molar-refractivity contribution in [3.05, 3.63) is 189 Å². The van der Waals surface area contributed by atoms with Gasteiger partial charge in [0.2, 0.25) is 0 Å². The van der Waals surface area contributed by atoms with Gasteiger partial charge in [-0.1, -0.05) is 272 Å². The van der Waals surface area contributed by atoms with Crippen molar-refractivity contribution in [1.82, 2.24) is 0 Å². The third-order valence-electron chi connectivity index (χ3n) is 14.6. The third kappa shape index (κ3) is 33.0. The van der Waals surface area contributed by atoms with Crippen molar-refractivity contribution in [2.75, 3.05) is 13.1 Å². The van der Waals surface area contributed by atoms with E-state index in [1.807, 2.05) is 36.4 Å². The molecule has 4 aromatic carbocycles. The maximum Gasteiger partial charge on any atom is 0.123 e. The number of unbranched alkanes of at least 4 members (excludes halogenated alkanes) is 2. The zero-order chi connectivity index (χ0) is 62.3. The summed E-state index contributed by atoms with van der Waals surface area (Å²) < 4.78 is 0. The number of hydrogen-bond donors (Lipinski definition) is 2. The number of rotatable bonds is 14. The van der Waals surface area contributed by atoms with E-state index in [0.717, 1.165) is 85.3 Å². The van der Waals surface area contributed by atoms with Gasteiger partial charge in [0.25, 0.3) is 0 Å². The maximum absolute atomic E-state index is 10.3. The van der Waals surface area contributed by atoms with Crippen LogP contribution >= 0.6 is 0 Å². The van der Waals surface area contributed by atoms with Crippen LogP contribution in [0.25, 0.3) is 10.6 Å². The van der Waals surface area contributed by atoms with E-state index in [4.69, 9.17) is 20.6 Å². The molecule has 2 N–H and O–H groups in total. The Balaban J connectivity index is -0.000000251. The Morgan fingerprint density at radius 2 is 0.663 bits per heavy atom. The fourth-order valence-electron chi connectivity index (χ4n) is 9.82. The molecule has 0 aliphatic heterocycles. The van der Waals surface area contributed by atoms with E-state index in [-0.39, 0.29) is 110 Å². The van der Waals surface area contributed by atoms with Crippen LogP contribution in [-0.2, 0) is 73.3 Å². The minimum Gasteiger partial charge on any atom is -0.656 e. The molecule has 6 nitrogen and oxygen atoms in total. The monoisotopic (exact) mass is 1540 g/mol. The van der Waals surface area contributed by atoms with Crippen LogP contribution in [0.2, 0.25) is 0 Å². The second-order valence-corrected chi connectivity index (χ2v) is 27.7. The molecule has 6 rings (SSSR count). The van der Waals surface area contributed by atoms with Crippen molar-refractivity contribution in [1.29, 1.82) is 0 Å². The molecule has 89 heavy (non-hydrogen) atoms. The first-order chi connectivity index (χ1) is 38.1. The molecule has 0 heterocycles. The van der Waals surface area contributed by atoms with Gasteiger partial charge in [-0.3, -0.25) is 9.98 Å². The normalized spacial score (nSPS) is 13.7. The van der Waals surface area contributed by atoms with Gasteiger partial charge in [-0.25, -0.2) is 0 Å². The summed E-state index contributed by atoms with van der Waals surface area (Å²) in [6, 6.07) is 25.3. The Kier molecular flexibility index (Phi) is 50.2. The van der Waals surface area contributed by atoms with Gasteiger partial charge >= 0.3 is 0 Å². The van der Waals surface area contributed by atoms with Crippen LogP contribution in [0.4, 0.5) is 11.4 Å². The van der Waals surface area contributed by atoms with Crippen molar-refractivity contribution >= 4 is 52.4 Å². The SMILES string of the molecule is CC(C)(C)c1cccc(C(C)(C)C)c1O.CC(C)(C)c1cccc(C(C)(C)C)c1O.CCCCN=C1CCCC=C1[N-]c1c(C(C)C)cccc1C(C)C.CCCCN=C1CCCC=C1[N-]c1c(C(C)C)cccc1C(C)C.[B]B([B])[B].[CH3-].[CH3-].[CH3-].[CH3-].[CH3-].[Hf].[Hf]. The fraction of sp³-hybridized carbons (Fsp3) is 0.545. The van der Waals surface area contributed by atoms with Gasteiger partial charge in [0.15, 0.2) is 0 Å². The third-order valence-corrected chi connectivity index (χ3v) is 14.6. The number of para-hydroxylation sites is 4. The van der Waals surface area contributed by atoms with Crippen LogP contribution in [0.1, 0.15) is 285 Å². The Morgan fingerprint density at radius 1 is 0.438 bits per heavy atom. The van der Waals surface area contributed by atoms with Gasteiger partial charge in [-0.2, -0.15) is 0 Å². The molecule has 6 radical (unpaired) electrons. The summed E-state index contributed by atoms with van der Waals surface area (Å²) in [5.74, 6) is 2.83. The van der Waals surface area contributed by atoms with E-state index in [1.165, 1.54) is 70.7 Å². The molecule has 12 heteroatoms. The molecule has 2 aliphatic rings. The van der Waals surface area contributed by atoms with Gasteiger partial charge < -0.3 is 58.0 Å². The number of benzene rings is 4. The largest absolute Gasteiger partial charge is 0.656 e. The van der Waals surface area contributed by atoms with E-state index in [9.17, 15) is 10.2 Å². The molecule has 0 aromatic heterocycles. The minimum atomic E-state index is -0.667. The molecule has 0 atom stereocenters. The molecule has 0 amide bonds. The Labute approximate surface area is 594 Å². The average Bonchev–Trinajstić information content (AvgIpc) is 3.36. The topological polar surface area (TPSA) is 93.4 Å². The van der Waals surface area contributed by atoms with Crippen LogP contribution < -0.4 is 0 Å². The second kappa shape index (κ2) is 46.1.